The maximum absolute atomic E-state index is 5.04. The second-order valence-electron chi connectivity index (χ2n) is 10.2. The number of aromatic amines is 2. The summed E-state index contributed by atoms with van der Waals surface area (Å²) < 4.78 is 0. The Morgan fingerprint density at radius 1 is 0.611 bits per heavy atom. The van der Waals surface area contributed by atoms with Gasteiger partial charge in [-0.2, -0.15) is 0 Å². The van der Waals surface area contributed by atoms with Crippen molar-refractivity contribution in [3.63, 3.8) is 0 Å². The maximum Gasteiger partial charge on any atom is 0.124 e. The van der Waals surface area contributed by atoms with Gasteiger partial charge in [-0.15, -0.1) is 0 Å². The lowest BCUT2D eigenvalue weighted by atomic mass is 10.0. The van der Waals surface area contributed by atoms with Crippen LogP contribution in [0.4, 0.5) is 0 Å². The third-order valence-electron chi connectivity index (χ3n) is 7.91. The zero-order chi connectivity index (χ0) is 23.6. The molecule has 0 unspecified atom stereocenters. The second kappa shape index (κ2) is 7.85. The van der Waals surface area contributed by atoms with E-state index < -0.39 is 0 Å². The van der Waals surface area contributed by atoms with Crippen LogP contribution in [0, 0.1) is 0 Å². The number of pyridine rings is 1. The van der Waals surface area contributed by atoms with Crippen LogP contribution >= 0.6 is 0 Å². The van der Waals surface area contributed by atoms with Crippen molar-refractivity contribution in [1.82, 2.24) is 35.6 Å². The molecular weight excluding hydrogens is 446 g/mol. The molecule has 2 fully saturated rings. The van der Waals surface area contributed by atoms with Gasteiger partial charge in [0.15, 0.2) is 0 Å². The van der Waals surface area contributed by atoms with Crippen LogP contribution in [-0.4, -0.2) is 38.0 Å². The summed E-state index contributed by atoms with van der Waals surface area (Å²) in [5.41, 5.74) is 7.28. The number of rotatable bonds is 3. The number of aromatic nitrogens is 5. The lowest BCUT2D eigenvalue weighted by molar-refractivity contribution is 0.614. The molecule has 0 radical (unpaired) electrons. The molecule has 2 saturated heterocycles. The zero-order valence-electron chi connectivity index (χ0n) is 19.9. The summed E-state index contributed by atoms with van der Waals surface area (Å²) in [7, 11) is 0. The minimum absolute atomic E-state index is 0.323. The van der Waals surface area contributed by atoms with Crippen LogP contribution in [0.5, 0.6) is 0 Å². The van der Waals surface area contributed by atoms with Crippen molar-refractivity contribution in [2.75, 3.05) is 13.1 Å². The Kier molecular flexibility index (Phi) is 4.44. The van der Waals surface area contributed by atoms with Gasteiger partial charge < -0.3 is 20.6 Å². The zero-order valence-corrected chi connectivity index (χ0v) is 19.9. The van der Waals surface area contributed by atoms with Gasteiger partial charge in [0, 0.05) is 16.3 Å². The van der Waals surface area contributed by atoms with E-state index in [1.807, 2.05) is 0 Å². The number of hydrogen-bond donors (Lipinski definition) is 4. The number of fused-ring (bicyclic) bond motifs is 6. The molecule has 3 aromatic heterocycles. The molecule has 5 heterocycles. The Morgan fingerprint density at radius 3 is 1.94 bits per heavy atom. The molecule has 0 amide bonds. The molecule has 2 aliphatic heterocycles. The Hall–Kier alpha value is -3.81. The molecule has 2 atom stereocenters. The SMILES string of the molecule is c1cc2c(ccc3nc([C@@H]4CCCN4)[nH]c32)cc1-c1ccc2c(ccc3nc([C@@H]4CCCN4)[nH]c32)n1. The van der Waals surface area contributed by atoms with Crippen molar-refractivity contribution < 1.29 is 0 Å². The Labute approximate surface area is 207 Å². The topological polar surface area (TPSA) is 94.3 Å². The van der Waals surface area contributed by atoms with Crippen molar-refractivity contribution in [2.24, 2.45) is 0 Å². The van der Waals surface area contributed by atoms with E-state index in [4.69, 9.17) is 15.0 Å². The van der Waals surface area contributed by atoms with Crippen LogP contribution in [0.2, 0.25) is 0 Å². The van der Waals surface area contributed by atoms with E-state index >= 15 is 0 Å². The number of hydrogen-bond acceptors (Lipinski definition) is 5. The molecule has 0 bridgehead atoms. The van der Waals surface area contributed by atoms with Crippen LogP contribution < -0.4 is 10.6 Å². The largest absolute Gasteiger partial charge is 0.340 e. The third kappa shape index (κ3) is 3.16. The van der Waals surface area contributed by atoms with Gasteiger partial charge in [0.2, 0.25) is 0 Å². The molecule has 6 aromatic rings. The van der Waals surface area contributed by atoms with Crippen molar-refractivity contribution in [1.29, 1.82) is 0 Å². The number of benzene rings is 3. The van der Waals surface area contributed by atoms with Gasteiger partial charge in [-0.25, -0.2) is 15.0 Å². The average Bonchev–Trinajstić information content (AvgIpc) is 3.73. The van der Waals surface area contributed by atoms with E-state index in [1.165, 1.54) is 23.6 Å². The van der Waals surface area contributed by atoms with Crippen LogP contribution in [0.25, 0.3) is 55.0 Å². The van der Waals surface area contributed by atoms with Gasteiger partial charge in [-0.1, -0.05) is 18.2 Å². The second-order valence-corrected chi connectivity index (χ2v) is 10.2. The first-order valence-electron chi connectivity index (χ1n) is 13.0. The number of nitrogens with zero attached hydrogens (tertiary/aromatic N) is 3. The van der Waals surface area contributed by atoms with E-state index in [0.29, 0.717) is 12.1 Å². The van der Waals surface area contributed by atoms with Gasteiger partial charge in [-0.05, 0) is 80.6 Å². The summed E-state index contributed by atoms with van der Waals surface area (Å²) in [6, 6.07) is 20.0. The molecule has 7 heteroatoms. The lowest BCUT2D eigenvalue weighted by Crippen LogP contribution is -2.13. The summed E-state index contributed by atoms with van der Waals surface area (Å²) in [6.07, 6.45) is 4.67. The number of nitrogens with one attached hydrogen (secondary N) is 4. The van der Waals surface area contributed by atoms with E-state index in [-0.39, 0.29) is 0 Å². The molecule has 7 nitrogen and oxygen atoms in total. The van der Waals surface area contributed by atoms with Gasteiger partial charge in [0.25, 0.3) is 0 Å². The maximum atomic E-state index is 5.04. The average molecular weight is 474 g/mol. The molecule has 3 aromatic carbocycles. The van der Waals surface area contributed by atoms with Crippen molar-refractivity contribution in [2.45, 2.75) is 37.8 Å². The number of imidazole rings is 2. The normalized spacial score (nSPS) is 20.4. The fraction of sp³-hybridized carbons (Fsp3) is 0.276. The molecule has 0 spiro atoms. The van der Waals surface area contributed by atoms with Crippen LogP contribution in [0.15, 0.2) is 54.6 Å². The highest BCUT2D eigenvalue weighted by Crippen LogP contribution is 2.32. The summed E-state index contributed by atoms with van der Waals surface area (Å²) in [4.78, 5) is 21.9. The van der Waals surface area contributed by atoms with Crippen molar-refractivity contribution in [3.8, 4) is 11.3 Å². The highest BCUT2D eigenvalue weighted by molar-refractivity contribution is 6.06. The summed E-state index contributed by atoms with van der Waals surface area (Å²) in [5.74, 6) is 2.08. The van der Waals surface area contributed by atoms with Gasteiger partial charge in [0.1, 0.15) is 11.6 Å². The highest BCUT2D eigenvalue weighted by Gasteiger charge is 2.21. The molecule has 0 saturated carbocycles. The minimum atomic E-state index is 0.323. The molecule has 8 rings (SSSR count). The van der Waals surface area contributed by atoms with E-state index in [9.17, 15) is 0 Å². The monoisotopic (exact) mass is 473 g/mol. The Morgan fingerprint density at radius 2 is 1.25 bits per heavy atom. The van der Waals surface area contributed by atoms with Crippen molar-refractivity contribution in [3.05, 3.63) is 66.2 Å². The first-order valence-corrected chi connectivity index (χ1v) is 13.0. The van der Waals surface area contributed by atoms with Crippen LogP contribution in [0.1, 0.15) is 49.4 Å². The van der Waals surface area contributed by atoms with Crippen LogP contribution in [0.3, 0.4) is 0 Å². The van der Waals surface area contributed by atoms with Gasteiger partial charge >= 0.3 is 0 Å². The van der Waals surface area contributed by atoms with Gasteiger partial charge in [0.05, 0.1) is 45.4 Å². The molecule has 4 N–H and O–H groups in total. The molecule has 0 aliphatic carbocycles. The molecular formula is C29H27N7. The Bertz CT molecular complexity index is 1640. The predicted octanol–water partition coefficient (Wildman–Crippen LogP) is 5.66. The predicted molar refractivity (Wildman–Crippen MR) is 144 cm³/mol. The highest BCUT2D eigenvalue weighted by atomic mass is 15.0. The van der Waals surface area contributed by atoms with E-state index in [2.05, 4.69) is 75.2 Å². The molecule has 36 heavy (non-hydrogen) atoms. The summed E-state index contributed by atoms with van der Waals surface area (Å²) in [6.45, 7) is 2.12. The Balaban J connectivity index is 1.19. The summed E-state index contributed by atoms with van der Waals surface area (Å²) in [5, 5.41) is 10.6. The first-order chi connectivity index (χ1) is 17.8. The quantitative estimate of drug-likeness (QED) is 0.266. The standard InChI is InChI=1S/C29H27N7/c1-3-24(30-13-1)28-33-22-9-6-16-15-17(5-7-18(16)26(22)35-28)20-10-8-19-21(32-20)11-12-23-27(19)36-29(34-23)25-4-2-14-31-25/h5-12,15,24-25,30-31H,1-4,13-14H2,(H,33,35)(H,34,36)/t24-,25-/m0/s1. The van der Waals surface area contributed by atoms with E-state index in [1.54, 1.807) is 0 Å². The number of H-pyrrole nitrogens is 2. The smallest absolute Gasteiger partial charge is 0.124 e. The first kappa shape index (κ1) is 20.4. The van der Waals surface area contributed by atoms with E-state index in [0.717, 1.165) is 81.8 Å². The molecule has 178 valence electrons. The minimum Gasteiger partial charge on any atom is -0.340 e. The third-order valence-corrected chi connectivity index (χ3v) is 7.91. The fourth-order valence-corrected chi connectivity index (χ4v) is 6.02. The molecule has 2 aliphatic rings. The summed E-state index contributed by atoms with van der Waals surface area (Å²) >= 11 is 0. The van der Waals surface area contributed by atoms with Gasteiger partial charge in [-0.3, -0.25) is 0 Å². The lowest BCUT2D eigenvalue weighted by Gasteiger charge is -2.07. The van der Waals surface area contributed by atoms with Crippen LogP contribution in [-0.2, 0) is 0 Å². The van der Waals surface area contributed by atoms with Crippen molar-refractivity contribution >= 4 is 43.7 Å². The fourth-order valence-electron chi connectivity index (χ4n) is 6.02.